The second-order valence-corrected chi connectivity index (χ2v) is 4.36. The van der Waals surface area contributed by atoms with Crippen LogP contribution < -0.4 is 0 Å². The summed E-state index contributed by atoms with van der Waals surface area (Å²) in [5.74, 6) is 0. The molecule has 0 atom stereocenters. The number of rotatable bonds is 3. The summed E-state index contributed by atoms with van der Waals surface area (Å²) in [6, 6.07) is 7.56. The van der Waals surface area contributed by atoms with Gasteiger partial charge in [0.15, 0.2) is 0 Å². The number of carbonyl (C=O) groups excluding carboxylic acids is 1. The van der Waals surface area contributed by atoms with Crippen molar-refractivity contribution in [1.82, 2.24) is 0 Å². The molecule has 0 amide bonds. The Morgan fingerprint density at radius 1 is 1.20 bits per heavy atom. The van der Waals surface area contributed by atoms with Gasteiger partial charge in [-0.2, -0.15) is 0 Å². The molecule has 0 saturated heterocycles. The molecule has 0 N–H and O–H groups in total. The molecule has 0 heterocycles. The first kappa shape index (κ1) is 10.5. The Morgan fingerprint density at radius 2 is 1.80 bits per heavy atom. The molecule has 15 heavy (non-hydrogen) atoms. The van der Waals surface area contributed by atoms with E-state index in [4.69, 9.17) is 16.3 Å². The van der Waals surface area contributed by atoms with Gasteiger partial charge in [0.2, 0.25) is 0 Å². The predicted molar refractivity (Wildman–Crippen MR) is 58.7 cm³/mol. The van der Waals surface area contributed by atoms with E-state index < -0.39 is 5.60 Å². The fourth-order valence-electron chi connectivity index (χ4n) is 2.27. The molecule has 0 unspecified atom stereocenters. The second-order valence-electron chi connectivity index (χ2n) is 3.92. The fraction of sp³-hybridized carbons (Fsp3) is 0.417. The number of hydrogen-bond donors (Lipinski definition) is 0. The van der Waals surface area contributed by atoms with Crippen LogP contribution in [0.15, 0.2) is 24.3 Å². The zero-order valence-corrected chi connectivity index (χ0v) is 9.17. The Hall–Kier alpha value is -1.02. The lowest BCUT2D eigenvalue weighted by atomic mass is 9.92. The molecule has 0 spiro atoms. The zero-order chi connectivity index (χ0) is 10.7. The van der Waals surface area contributed by atoms with E-state index in [0.717, 1.165) is 31.2 Å². The highest BCUT2D eigenvalue weighted by Crippen LogP contribution is 2.41. The SMILES string of the molecule is O=COC1(c2ccc(Cl)cc2)CCCC1. The van der Waals surface area contributed by atoms with Crippen LogP contribution in [-0.4, -0.2) is 6.47 Å². The van der Waals surface area contributed by atoms with E-state index >= 15 is 0 Å². The van der Waals surface area contributed by atoms with Crippen molar-refractivity contribution in [2.45, 2.75) is 31.3 Å². The molecule has 0 radical (unpaired) electrons. The number of ether oxygens (including phenoxy) is 1. The molecule has 0 aromatic heterocycles. The first-order valence-electron chi connectivity index (χ1n) is 5.14. The van der Waals surface area contributed by atoms with Crippen LogP contribution in [0.3, 0.4) is 0 Å². The summed E-state index contributed by atoms with van der Waals surface area (Å²) in [5, 5.41) is 0.706. The van der Waals surface area contributed by atoms with Gasteiger partial charge in [-0.15, -0.1) is 0 Å². The lowest BCUT2D eigenvalue weighted by molar-refractivity contribution is -0.144. The minimum atomic E-state index is -0.396. The summed E-state index contributed by atoms with van der Waals surface area (Å²) in [6.45, 7) is 0.555. The highest BCUT2D eigenvalue weighted by molar-refractivity contribution is 6.30. The van der Waals surface area contributed by atoms with Crippen molar-refractivity contribution in [2.75, 3.05) is 0 Å². The summed E-state index contributed by atoms with van der Waals surface area (Å²) in [6.07, 6.45) is 4.04. The molecule has 1 aromatic rings. The Balaban J connectivity index is 2.31. The van der Waals surface area contributed by atoms with Crippen LogP contribution in [0, 0.1) is 0 Å². The molecule has 1 saturated carbocycles. The average molecular weight is 225 g/mol. The van der Waals surface area contributed by atoms with E-state index in [9.17, 15) is 4.79 Å². The summed E-state index contributed by atoms with van der Waals surface area (Å²) in [5.41, 5.74) is 0.656. The van der Waals surface area contributed by atoms with Gasteiger partial charge in [-0.1, -0.05) is 23.7 Å². The van der Waals surface area contributed by atoms with Gasteiger partial charge in [-0.05, 0) is 43.4 Å². The molecule has 3 heteroatoms. The van der Waals surface area contributed by atoms with Crippen LogP contribution in [0.25, 0.3) is 0 Å². The fourth-order valence-corrected chi connectivity index (χ4v) is 2.39. The van der Waals surface area contributed by atoms with E-state index in [1.165, 1.54) is 0 Å². The van der Waals surface area contributed by atoms with Crippen molar-refractivity contribution >= 4 is 18.1 Å². The third-order valence-corrected chi connectivity index (χ3v) is 3.31. The van der Waals surface area contributed by atoms with Crippen LogP contribution in [0.4, 0.5) is 0 Å². The highest BCUT2D eigenvalue weighted by Gasteiger charge is 2.37. The van der Waals surface area contributed by atoms with Crippen LogP contribution in [-0.2, 0) is 15.1 Å². The maximum atomic E-state index is 10.6. The van der Waals surface area contributed by atoms with Gasteiger partial charge in [-0.3, -0.25) is 4.79 Å². The third kappa shape index (κ3) is 2.00. The molecular weight excluding hydrogens is 212 g/mol. The van der Waals surface area contributed by atoms with Crippen LogP contribution >= 0.6 is 11.6 Å². The molecule has 80 valence electrons. The molecule has 2 nitrogen and oxygen atoms in total. The Labute approximate surface area is 94.2 Å². The van der Waals surface area contributed by atoms with Crippen molar-refractivity contribution in [3.63, 3.8) is 0 Å². The van der Waals surface area contributed by atoms with Gasteiger partial charge in [0, 0.05) is 5.02 Å². The molecular formula is C12H13ClO2. The first-order valence-corrected chi connectivity index (χ1v) is 5.52. The van der Waals surface area contributed by atoms with Crippen LogP contribution in [0.2, 0.25) is 5.02 Å². The van der Waals surface area contributed by atoms with Crippen molar-refractivity contribution in [1.29, 1.82) is 0 Å². The number of halogens is 1. The quantitative estimate of drug-likeness (QED) is 0.737. The molecule has 0 aliphatic heterocycles. The predicted octanol–water partition coefficient (Wildman–Crippen LogP) is 3.28. The Morgan fingerprint density at radius 3 is 2.33 bits per heavy atom. The lowest BCUT2D eigenvalue weighted by Gasteiger charge is -2.27. The minimum Gasteiger partial charge on any atom is -0.456 e. The average Bonchev–Trinajstić information content (AvgIpc) is 2.69. The summed E-state index contributed by atoms with van der Waals surface area (Å²) >= 11 is 5.83. The third-order valence-electron chi connectivity index (χ3n) is 3.06. The zero-order valence-electron chi connectivity index (χ0n) is 8.41. The Bertz CT molecular complexity index is 339. The molecule has 1 fully saturated rings. The van der Waals surface area contributed by atoms with Crippen molar-refractivity contribution in [2.24, 2.45) is 0 Å². The molecule has 1 aliphatic rings. The number of benzene rings is 1. The van der Waals surface area contributed by atoms with Crippen molar-refractivity contribution in [3.05, 3.63) is 34.9 Å². The second kappa shape index (κ2) is 4.23. The van der Waals surface area contributed by atoms with Gasteiger partial charge in [0.1, 0.15) is 5.60 Å². The van der Waals surface area contributed by atoms with E-state index in [2.05, 4.69) is 0 Å². The molecule has 1 aliphatic carbocycles. The van der Waals surface area contributed by atoms with Gasteiger partial charge < -0.3 is 4.74 Å². The highest BCUT2D eigenvalue weighted by atomic mass is 35.5. The lowest BCUT2D eigenvalue weighted by Crippen LogP contribution is -2.25. The maximum Gasteiger partial charge on any atom is 0.293 e. The van der Waals surface area contributed by atoms with Crippen molar-refractivity contribution < 1.29 is 9.53 Å². The summed E-state index contributed by atoms with van der Waals surface area (Å²) in [7, 11) is 0. The monoisotopic (exact) mass is 224 g/mol. The van der Waals surface area contributed by atoms with E-state index in [1.54, 1.807) is 0 Å². The molecule has 1 aromatic carbocycles. The number of carbonyl (C=O) groups is 1. The van der Waals surface area contributed by atoms with Gasteiger partial charge in [0.05, 0.1) is 0 Å². The van der Waals surface area contributed by atoms with E-state index in [0.29, 0.717) is 11.5 Å². The smallest absolute Gasteiger partial charge is 0.293 e. The molecule has 2 rings (SSSR count). The largest absolute Gasteiger partial charge is 0.456 e. The summed E-state index contributed by atoms with van der Waals surface area (Å²) < 4.78 is 5.29. The van der Waals surface area contributed by atoms with Gasteiger partial charge >= 0.3 is 0 Å². The molecule has 0 bridgehead atoms. The van der Waals surface area contributed by atoms with Crippen LogP contribution in [0.1, 0.15) is 31.2 Å². The maximum absolute atomic E-state index is 10.6. The minimum absolute atomic E-state index is 0.396. The topological polar surface area (TPSA) is 26.3 Å². The number of hydrogen-bond acceptors (Lipinski definition) is 2. The van der Waals surface area contributed by atoms with Gasteiger partial charge in [0.25, 0.3) is 6.47 Å². The van der Waals surface area contributed by atoms with E-state index in [1.807, 2.05) is 24.3 Å². The van der Waals surface area contributed by atoms with E-state index in [-0.39, 0.29) is 0 Å². The van der Waals surface area contributed by atoms with Gasteiger partial charge in [-0.25, -0.2) is 0 Å². The van der Waals surface area contributed by atoms with Crippen molar-refractivity contribution in [3.8, 4) is 0 Å². The Kier molecular flexibility index (Phi) is 2.96. The first-order chi connectivity index (χ1) is 7.27. The van der Waals surface area contributed by atoms with Crippen LogP contribution in [0.5, 0.6) is 0 Å². The summed E-state index contributed by atoms with van der Waals surface area (Å²) in [4.78, 5) is 10.6. The normalized spacial score (nSPS) is 18.7. The standard InChI is InChI=1S/C12H13ClO2/c13-11-5-3-10(4-6-11)12(15-9-14)7-1-2-8-12/h3-6,9H,1-2,7-8H2.